The zero-order chi connectivity index (χ0) is 17.3. The molecule has 1 unspecified atom stereocenters. The van der Waals surface area contributed by atoms with E-state index in [2.05, 4.69) is 4.99 Å². The third kappa shape index (κ3) is 2.66. The van der Waals surface area contributed by atoms with E-state index in [9.17, 15) is 14.3 Å². The predicted octanol–water partition coefficient (Wildman–Crippen LogP) is 4.80. The summed E-state index contributed by atoms with van der Waals surface area (Å²) in [6.45, 7) is 2.04. The van der Waals surface area contributed by atoms with Crippen molar-refractivity contribution in [1.29, 1.82) is 0 Å². The van der Waals surface area contributed by atoms with Crippen LogP contribution < -0.4 is 4.74 Å². The van der Waals surface area contributed by atoms with Gasteiger partial charge in [0.2, 0.25) is 0 Å². The van der Waals surface area contributed by atoms with Crippen LogP contribution >= 0.6 is 0 Å². The summed E-state index contributed by atoms with van der Waals surface area (Å²) in [6.07, 6.45) is 3.23. The smallest absolute Gasteiger partial charge is 0.340 e. The minimum Gasteiger partial charge on any atom is -0.497 e. The van der Waals surface area contributed by atoms with Gasteiger partial charge in [-0.15, -0.1) is 0 Å². The topological polar surface area (TPSA) is 58.9 Å². The van der Waals surface area contributed by atoms with Gasteiger partial charge in [0.25, 0.3) is 0 Å². The quantitative estimate of drug-likeness (QED) is 0.877. The van der Waals surface area contributed by atoms with Gasteiger partial charge in [-0.05, 0) is 53.6 Å². The summed E-state index contributed by atoms with van der Waals surface area (Å²) in [5, 5.41) is 9.38. The molecule has 1 N–H and O–H groups in total. The van der Waals surface area contributed by atoms with Crippen LogP contribution in [-0.2, 0) is 0 Å². The second-order valence-corrected chi connectivity index (χ2v) is 5.73. The zero-order valence-corrected chi connectivity index (χ0v) is 13.5. The lowest BCUT2D eigenvalue weighted by atomic mass is 9.82. The monoisotopic (exact) mass is 327 g/mol. The summed E-state index contributed by atoms with van der Waals surface area (Å²) >= 11 is 0. The highest BCUT2D eigenvalue weighted by Crippen LogP contribution is 2.44. The fourth-order valence-corrected chi connectivity index (χ4v) is 3.17. The lowest BCUT2D eigenvalue weighted by molar-refractivity contribution is 0.0693. The van der Waals surface area contributed by atoms with Gasteiger partial charge in [-0.25, -0.2) is 9.18 Å². The van der Waals surface area contributed by atoms with Crippen LogP contribution in [0.15, 0.2) is 35.3 Å². The Morgan fingerprint density at radius 1 is 1.38 bits per heavy atom. The van der Waals surface area contributed by atoms with Gasteiger partial charge in [0, 0.05) is 6.21 Å². The minimum atomic E-state index is -1.29. The number of carboxylic acids is 1. The molecule has 0 saturated heterocycles. The van der Waals surface area contributed by atoms with E-state index < -0.39 is 11.8 Å². The summed E-state index contributed by atoms with van der Waals surface area (Å²) in [5.41, 5.74) is 2.21. The number of fused-ring (bicyclic) bond motifs is 1. The molecule has 124 valence electrons. The van der Waals surface area contributed by atoms with Crippen LogP contribution in [0.3, 0.4) is 0 Å². The first-order valence-electron chi connectivity index (χ1n) is 7.83. The standard InChI is InChI=1S/C19H18FNO3/c1-3-11-8-9-21-18-16(11)14(10-15(20)17(18)19(22)23)12-4-6-13(24-2)7-5-12/h4-7,9-11H,3,8H2,1-2H3,(H,22,23). The molecule has 5 heteroatoms. The number of rotatable bonds is 4. The molecule has 0 fully saturated rings. The summed E-state index contributed by atoms with van der Waals surface area (Å²) in [6, 6.07) is 8.61. The maximum Gasteiger partial charge on any atom is 0.340 e. The fourth-order valence-electron chi connectivity index (χ4n) is 3.17. The normalized spacial score (nSPS) is 15.9. The number of halogens is 1. The van der Waals surface area contributed by atoms with E-state index in [-0.39, 0.29) is 17.2 Å². The van der Waals surface area contributed by atoms with Crippen LogP contribution in [0.1, 0.15) is 41.6 Å². The summed E-state index contributed by atoms with van der Waals surface area (Å²) in [5.74, 6) is -1.23. The fraction of sp³-hybridized carbons (Fsp3) is 0.263. The zero-order valence-electron chi connectivity index (χ0n) is 13.5. The number of carboxylic acid groups (broad SMARTS) is 1. The van der Waals surface area contributed by atoms with Crippen LogP contribution in [0, 0.1) is 5.82 Å². The van der Waals surface area contributed by atoms with Gasteiger partial charge in [0.1, 0.15) is 17.1 Å². The van der Waals surface area contributed by atoms with Crippen LogP contribution in [0.5, 0.6) is 5.75 Å². The number of benzene rings is 2. The highest BCUT2D eigenvalue weighted by atomic mass is 19.1. The number of hydrogen-bond donors (Lipinski definition) is 1. The van der Waals surface area contributed by atoms with Gasteiger partial charge in [0.05, 0.1) is 12.8 Å². The largest absolute Gasteiger partial charge is 0.497 e. The SMILES string of the molecule is CCC1CC=Nc2c(C(=O)O)c(F)cc(-c3ccc(OC)cc3)c21. The molecule has 1 aliphatic rings. The summed E-state index contributed by atoms with van der Waals surface area (Å²) < 4.78 is 19.6. The third-order valence-electron chi connectivity index (χ3n) is 4.42. The average Bonchev–Trinajstić information content (AvgIpc) is 2.60. The molecule has 0 aliphatic carbocycles. The van der Waals surface area contributed by atoms with Crippen LogP contribution in [0.4, 0.5) is 10.1 Å². The van der Waals surface area contributed by atoms with Crippen molar-refractivity contribution in [2.24, 2.45) is 4.99 Å². The van der Waals surface area contributed by atoms with E-state index in [1.807, 2.05) is 19.1 Å². The van der Waals surface area contributed by atoms with Crippen LogP contribution in [0.25, 0.3) is 11.1 Å². The highest BCUT2D eigenvalue weighted by molar-refractivity contribution is 5.98. The number of aliphatic imine (C=N–C) groups is 1. The Morgan fingerprint density at radius 2 is 2.08 bits per heavy atom. The minimum absolute atomic E-state index is 0.119. The molecule has 0 radical (unpaired) electrons. The number of aromatic carboxylic acids is 1. The highest BCUT2D eigenvalue weighted by Gasteiger charge is 2.28. The average molecular weight is 327 g/mol. The lowest BCUT2D eigenvalue weighted by Crippen LogP contribution is -2.11. The van der Waals surface area contributed by atoms with Gasteiger partial charge < -0.3 is 9.84 Å². The first-order chi connectivity index (χ1) is 11.6. The number of hydrogen-bond acceptors (Lipinski definition) is 3. The Labute approximate surface area is 139 Å². The van der Waals surface area contributed by atoms with Crippen LogP contribution in [-0.4, -0.2) is 24.4 Å². The van der Waals surface area contributed by atoms with Gasteiger partial charge in [-0.1, -0.05) is 19.1 Å². The Hall–Kier alpha value is -2.69. The molecular weight excluding hydrogens is 309 g/mol. The van der Waals surface area contributed by atoms with E-state index in [1.54, 1.807) is 25.5 Å². The van der Waals surface area contributed by atoms with E-state index >= 15 is 0 Å². The van der Waals surface area contributed by atoms with E-state index in [0.29, 0.717) is 11.3 Å². The number of carbonyl (C=O) groups is 1. The van der Waals surface area contributed by atoms with Gasteiger partial charge in [0.15, 0.2) is 0 Å². The predicted molar refractivity (Wildman–Crippen MR) is 91.1 cm³/mol. The molecule has 1 aliphatic heterocycles. The van der Waals surface area contributed by atoms with Crippen molar-refractivity contribution >= 4 is 17.9 Å². The Kier molecular flexibility index (Phi) is 4.34. The molecule has 0 spiro atoms. The molecule has 0 aromatic heterocycles. The van der Waals surface area contributed by atoms with Gasteiger partial charge in [-0.3, -0.25) is 4.99 Å². The maximum atomic E-state index is 14.5. The molecule has 24 heavy (non-hydrogen) atoms. The number of ether oxygens (including phenoxy) is 1. The van der Waals surface area contributed by atoms with E-state index in [1.165, 1.54) is 6.07 Å². The maximum absolute atomic E-state index is 14.5. The van der Waals surface area contributed by atoms with Crippen molar-refractivity contribution < 1.29 is 19.0 Å². The van der Waals surface area contributed by atoms with Crippen molar-refractivity contribution in [3.63, 3.8) is 0 Å². The summed E-state index contributed by atoms with van der Waals surface area (Å²) in [4.78, 5) is 15.7. The van der Waals surface area contributed by atoms with Crippen molar-refractivity contribution in [2.45, 2.75) is 25.7 Å². The Bertz CT molecular complexity index is 812. The molecule has 3 rings (SSSR count). The first kappa shape index (κ1) is 16.2. The Morgan fingerprint density at radius 3 is 2.67 bits per heavy atom. The van der Waals surface area contributed by atoms with Crippen molar-refractivity contribution in [3.05, 3.63) is 47.3 Å². The van der Waals surface area contributed by atoms with Crippen molar-refractivity contribution in [1.82, 2.24) is 0 Å². The van der Waals surface area contributed by atoms with Crippen LogP contribution in [0.2, 0.25) is 0 Å². The number of nitrogens with zero attached hydrogens (tertiary/aromatic N) is 1. The van der Waals surface area contributed by atoms with Gasteiger partial charge >= 0.3 is 5.97 Å². The second-order valence-electron chi connectivity index (χ2n) is 5.73. The molecule has 1 atom stereocenters. The summed E-state index contributed by atoms with van der Waals surface area (Å²) in [7, 11) is 1.58. The Balaban J connectivity index is 2.28. The van der Waals surface area contributed by atoms with Crippen molar-refractivity contribution in [3.8, 4) is 16.9 Å². The molecule has 2 aromatic rings. The van der Waals surface area contributed by atoms with Gasteiger partial charge in [-0.2, -0.15) is 0 Å². The van der Waals surface area contributed by atoms with E-state index in [0.717, 1.165) is 24.0 Å². The molecule has 1 heterocycles. The molecule has 0 saturated carbocycles. The number of methoxy groups -OCH3 is 1. The molecule has 0 amide bonds. The molecule has 2 aromatic carbocycles. The molecule has 0 bridgehead atoms. The van der Waals surface area contributed by atoms with Crippen molar-refractivity contribution in [2.75, 3.05) is 7.11 Å². The molecular formula is C19H18FNO3. The first-order valence-corrected chi connectivity index (χ1v) is 7.83. The second kappa shape index (κ2) is 6.43. The van der Waals surface area contributed by atoms with E-state index in [4.69, 9.17) is 4.74 Å². The molecule has 4 nitrogen and oxygen atoms in total. The third-order valence-corrected chi connectivity index (χ3v) is 4.42. The lowest BCUT2D eigenvalue weighted by Gasteiger charge is -2.25.